The molecular weight excluding hydrogens is 248 g/mol. The lowest BCUT2D eigenvalue weighted by Crippen LogP contribution is -2.48. The van der Waals surface area contributed by atoms with Crippen LogP contribution in [0.1, 0.15) is 26.2 Å². The molecule has 2 aliphatic rings. The molecule has 0 spiro atoms. The van der Waals surface area contributed by atoms with E-state index in [1.807, 2.05) is 0 Å². The number of carbonyl (C=O) groups excluding carboxylic acids is 2. The van der Waals surface area contributed by atoms with Crippen LogP contribution in [0, 0.1) is 0 Å². The summed E-state index contributed by atoms with van der Waals surface area (Å²) in [6.45, 7) is 5.54. The van der Waals surface area contributed by atoms with Crippen molar-refractivity contribution in [1.82, 2.24) is 10.2 Å². The van der Waals surface area contributed by atoms with Crippen molar-refractivity contribution in [3.63, 3.8) is 0 Å². The number of amides is 1. The quantitative estimate of drug-likeness (QED) is 0.727. The minimum absolute atomic E-state index is 0.145. The zero-order valence-electron chi connectivity index (χ0n) is 11.4. The summed E-state index contributed by atoms with van der Waals surface area (Å²) in [6, 6.07) is 0.145. The van der Waals surface area contributed by atoms with Crippen LogP contribution in [0.4, 0.5) is 0 Å². The van der Waals surface area contributed by atoms with Gasteiger partial charge in [0.2, 0.25) is 0 Å². The van der Waals surface area contributed by atoms with Crippen molar-refractivity contribution in [3.8, 4) is 0 Å². The molecule has 2 unspecified atom stereocenters. The van der Waals surface area contributed by atoms with Crippen molar-refractivity contribution < 1.29 is 19.1 Å². The van der Waals surface area contributed by atoms with Crippen molar-refractivity contribution in [3.05, 3.63) is 0 Å². The van der Waals surface area contributed by atoms with Gasteiger partial charge in [-0.05, 0) is 19.3 Å². The molecule has 19 heavy (non-hydrogen) atoms. The third-order valence-corrected chi connectivity index (χ3v) is 3.55. The van der Waals surface area contributed by atoms with Gasteiger partial charge in [-0.15, -0.1) is 0 Å². The predicted molar refractivity (Wildman–Crippen MR) is 68.6 cm³/mol. The Kier molecular flexibility index (Phi) is 5.15. The van der Waals surface area contributed by atoms with Crippen LogP contribution in [0.3, 0.4) is 0 Å². The highest BCUT2D eigenvalue weighted by atomic mass is 16.5. The summed E-state index contributed by atoms with van der Waals surface area (Å²) in [4.78, 5) is 25.2. The number of morpholine rings is 1. The van der Waals surface area contributed by atoms with E-state index in [1.165, 1.54) is 6.92 Å². The number of nitrogens with zero attached hydrogens (tertiary/aromatic N) is 1. The molecule has 1 N–H and O–H groups in total. The van der Waals surface area contributed by atoms with Crippen LogP contribution in [0.5, 0.6) is 0 Å². The number of hydrogen-bond acceptors (Lipinski definition) is 5. The normalized spacial score (nSPS) is 29.4. The van der Waals surface area contributed by atoms with Gasteiger partial charge in [0.15, 0.2) is 6.10 Å². The van der Waals surface area contributed by atoms with Crippen molar-refractivity contribution in [2.45, 2.75) is 38.3 Å². The van der Waals surface area contributed by atoms with E-state index in [2.05, 4.69) is 10.2 Å². The molecule has 0 aromatic heterocycles. The minimum atomic E-state index is -0.618. The Balaban J connectivity index is 1.83. The Bertz CT molecular complexity index is 329. The van der Waals surface area contributed by atoms with Gasteiger partial charge in [-0.3, -0.25) is 14.5 Å². The Morgan fingerprint density at radius 1 is 1.42 bits per heavy atom. The second-order valence-electron chi connectivity index (χ2n) is 5.15. The van der Waals surface area contributed by atoms with Crippen LogP contribution in [-0.2, 0) is 19.1 Å². The lowest BCUT2D eigenvalue weighted by atomic mass is 10.1. The first-order valence-corrected chi connectivity index (χ1v) is 6.93. The average Bonchev–Trinajstić information content (AvgIpc) is 2.53. The van der Waals surface area contributed by atoms with Crippen molar-refractivity contribution in [2.75, 3.05) is 32.8 Å². The molecule has 0 saturated carbocycles. The van der Waals surface area contributed by atoms with Crippen molar-refractivity contribution in [2.24, 2.45) is 0 Å². The Morgan fingerprint density at radius 3 is 2.84 bits per heavy atom. The summed E-state index contributed by atoms with van der Waals surface area (Å²) < 4.78 is 10.3. The third-order valence-electron chi connectivity index (χ3n) is 3.55. The van der Waals surface area contributed by atoms with Gasteiger partial charge < -0.3 is 14.8 Å². The number of carbonyl (C=O) groups is 2. The van der Waals surface area contributed by atoms with Crippen molar-refractivity contribution >= 4 is 11.9 Å². The van der Waals surface area contributed by atoms with E-state index in [9.17, 15) is 9.59 Å². The molecular formula is C13H22N2O4. The summed E-state index contributed by atoms with van der Waals surface area (Å²) >= 11 is 0. The molecule has 1 amide bonds. The maximum Gasteiger partial charge on any atom is 0.303 e. The van der Waals surface area contributed by atoms with Crippen LogP contribution >= 0.6 is 0 Å². The van der Waals surface area contributed by atoms with Gasteiger partial charge in [-0.2, -0.15) is 0 Å². The van der Waals surface area contributed by atoms with Crippen LogP contribution in [-0.4, -0.2) is 61.8 Å². The van der Waals surface area contributed by atoms with E-state index < -0.39 is 12.1 Å². The monoisotopic (exact) mass is 270 g/mol. The summed E-state index contributed by atoms with van der Waals surface area (Å²) in [5.41, 5.74) is 0. The molecule has 2 heterocycles. The standard InChI is InChI=1S/C13H22N2O4/c1-10(16)19-12-4-2-3-11(14-13(12)17)9-15-5-7-18-8-6-15/h11-12H,2-9H2,1H3,(H,14,17). The van der Waals surface area contributed by atoms with E-state index in [1.54, 1.807) is 0 Å². The molecule has 2 rings (SSSR count). The first-order chi connectivity index (χ1) is 9.15. The van der Waals surface area contributed by atoms with Gasteiger partial charge >= 0.3 is 5.97 Å². The smallest absolute Gasteiger partial charge is 0.303 e. The van der Waals surface area contributed by atoms with Gasteiger partial charge in [0.1, 0.15) is 0 Å². The molecule has 0 bridgehead atoms. The third kappa shape index (κ3) is 4.47. The fraction of sp³-hybridized carbons (Fsp3) is 0.846. The molecule has 2 fully saturated rings. The van der Waals surface area contributed by atoms with E-state index in [4.69, 9.17) is 9.47 Å². The lowest BCUT2D eigenvalue weighted by Gasteiger charge is -2.30. The Morgan fingerprint density at radius 2 is 2.16 bits per heavy atom. The summed E-state index contributed by atoms with van der Waals surface area (Å²) in [5, 5.41) is 2.98. The topological polar surface area (TPSA) is 67.9 Å². The zero-order chi connectivity index (χ0) is 13.7. The van der Waals surface area contributed by atoms with E-state index >= 15 is 0 Å². The summed E-state index contributed by atoms with van der Waals surface area (Å²) in [6.07, 6.45) is 1.82. The predicted octanol–water partition coefficient (Wildman–Crippen LogP) is -0.0810. The maximum absolute atomic E-state index is 12.0. The van der Waals surface area contributed by atoms with E-state index in [-0.39, 0.29) is 11.9 Å². The Labute approximate surface area is 113 Å². The van der Waals surface area contributed by atoms with Crippen LogP contribution in [0.2, 0.25) is 0 Å². The molecule has 2 saturated heterocycles. The maximum atomic E-state index is 12.0. The molecule has 2 aliphatic heterocycles. The van der Waals surface area contributed by atoms with Gasteiger partial charge in [0, 0.05) is 32.6 Å². The first-order valence-electron chi connectivity index (χ1n) is 6.93. The van der Waals surface area contributed by atoms with Gasteiger partial charge in [-0.25, -0.2) is 0 Å². The highest BCUT2D eigenvalue weighted by Gasteiger charge is 2.28. The van der Waals surface area contributed by atoms with Crippen molar-refractivity contribution in [1.29, 1.82) is 0 Å². The van der Waals surface area contributed by atoms with Crippen LogP contribution in [0.25, 0.3) is 0 Å². The average molecular weight is 270 g/mol. The molecule has 108 valence electrons. The first kappa shape index (κ1) is 14.3. The van der Waals surface area contributed by atoms with E-state index in [0.717, 1.165) is 45.7 Å². The fourth-order valence-corrected chi connectivity index (χ4v) is 2.59. The number of nitrogens with one attached hydrogen (secondary N) is 1. The van der Waals surface area contributed by atoms with Gasteiger partial charge in [0.05, 0.1) is 13.2 Å². The molecule has 6 nitrogen and oxygen atoms in total. The van der Waals surface area contributed by atoms with Gasteiger partial charge in [0.25, 0.3) is 5.91 Å². The Hall–Kier alpha value is -1.14. The number of ether oxygens (including phenoxy) is 2. The highest BCUT2D eigenvalue weighted by molar-refractivity contribution is 5.83. The number of hydrogen-bond donors (Lipinski definition) is 1. The molecule has 6 heteroatoms. The highest BCUT2D eigenvalue weighted by Crippen LogP contribution is 2.14. The minimum Gasteiger partial charge on any atom is -0.452 e. The number of rotatable bonds is 3. The van der Waals surface area contributed by atoms with Gasteiger partial charge in [-0.1, -0.05) is 0 Å². The second-order valence-corrected chi connectivity index (χ2v) is 5.15. The second kappa shape index (κ2) is 6.86. The molecule has 0 aromatic carbocycles. The molecule has 0 radical (unpaired) electrons. The number of esters is 1. The van der Waals surface area contributed by atoms with Crippen LogP contribution < -0.4 is 5.32 Å². The molecule has 0 aromatic rings. The van der Waals surface area contributed by atoms with E-state index in [0.29, 0.717) is 6.42 Å². The fourth-order valence-electron chi connectivity index (χ4n) is 2.59. The SMILES string of the molecule is CC(=O)OC1CCCC(CN2CCOCC2)NC1=O. The lowest BCUT2D eigenvalue weighted by molar-refractivity contribution is -0.154. The molecule has 0 aliphatic carbocycles. The summed E-state index contributed by atoms with van der Waals surface area (Å²) in [7, 11) is 0. The van der Waals surface area contributed by atoms with Crippen LogP contribution in [0.15, 0.2) is 0 Å². The summed E-state index contributed by atoms with van der Waals surface area (Å²) in [5.74, 6) is -0.558. The molecule has 2 atom stereocenters. The zero-order valence-corrected chi connectivity index (χ0v) is 11.4. The largest absolute Gasteiger partial charge is 0.452 e.